The van der Waals surface area contributed by atoms with Crippen molar-refractivity contribution in [2.45, 2.75) is 193 Å². The van der Waals surface area contributed by atoms with Crippen LogP contribution in [-0.2, 0) is 9.53 Å². The normalized spacial score (nSPS) is 13.4. The highest BCUT2D eigenvalue weighted by Gasteiger charge is 2.03. The molecule has 4 nitrogen and oxygen atoms in total. The van der Waals surface area contributed by atoms with E-state index in [-0.39, 0.29) is 18.2 Å². The lowest BCUT2D eigenvalue weighted by atomic mass is 10.1. The number of carbonyl (C=O) groups is 1. The lowest BCUT2D eigenvalue weighted by Gasteiger charge is -2.07. The maximum Gasteiger partial charge on any atom is 0.305 e. The van der Waals surface area contributed by atoms with Gasteiger partial charge in [0.05, 0.1) is 18.8 Å². The molecule has 2 N–H and O–H groups in total. The Morgan fingerprint density at radius 3 is 1.48 bits per heavy atom. The van der Waals surface area contributed by atoms with Crippen LogP contribution in [0.5, 0.6) is 0 Å². The zero-order valence-electron chi connectivity index (χ0n) is 26.8. The van der Waals surface area contributed by atoms with Crippen molar-refractivity contribution in [2.75, 3.05) is 6.61 Å². The molecule has 0 unspecified atom stereocenters. The topological polar surface area (TPSA) is 66.8 Å². The van der Waals surface area contributed by atoms with E-state index in [1.807, 2.05) is 0 Å². The van der Waals surface area contributed by atoms with E-state index in [2.05, 4.69) is 38.2 Å². The largest absolute Gasteiger partial charge is 0.466 e. The second-order valence-corrected chi connectivity index (χ2v) is 11.9. The molecule has 0 aliphatic heterocycles. The number of unbranched alkanes of at least 4 members (excludes halogenated alkanes) is 17. The Morgan fingerprint density at radius 2 is 0.975 bits per heavy atom. The molecular weight excluding hydrogens is 496 g/mol. The Hall–Kier alpha value is -1.13. The number of esters is 1. The molecule has 0 aliphatic carbocycles. The highest BCUT2D eigenvalue weighted by Crippen LogP contribution is 2.13. The Balaban J connectivity index is 3.35. The molecule has 0 spiro atoms. The molecule has 0 aromatic heterocycles. The first-order valence-electron chi connectivity index (χ1n) is 17.4. The van der Waals surface area contributed by atoms with Gasteiger partial charge in [0, 0.05) is 6.42 Å². The minimum absolute atomic E-state index is 0.0333. The first-order valence-corrected chi connectivity index (χ1v) is 17.4. The summed E-state index contributed by atoms with van der Waals surface area (Å²) in [7, 11) is 0. The minimum Gasteiger partial charge on any atom is -0.466 e. The first-order chi connectivity index (χ1) is 19.6. The molecule has 4 heteroatoms. The van der Waals surface area contributed by atoms with E-state index in [0.717, 1.165) is 77.0 Å². The van der Waals surface area contributed by atoms with Crippen molar-refractivity contribution in [1.29, 1.82) is 0 Å². The molecule has 0 heterocycles. The van der Waals surface area contributed by atoms with Crippen LogP contribution >= 0.6 is 0 Å². The monoisotopic (exact) mass is 565 g/mol. The van der Waals surface area contributed by atoms with Gasteiger partial charge in [0.2, 0.25) is 0 Å². The van der Waals surface area contributed by atoms with Crippen molar-refractivity contribution in [3.05, 3.63) is 24.3 Å². The molecule has 0 radical (unpaired) electrons. The number of allylic oxidation sites excluding steroid dienone is 2. The SMILES string of the molecule is CCCCCC[C@@H](O)CC=CCCCCCCCCOC(=O)CCCCCCCC=CC[C@H](O)CCCCCC. The molecule has 40 heavy (non-hydrogen) atoms. The summed E-state index contributed by atoms with van der Waals surface area (Å²) < 4.78 is 5.40. The third kappa shape index (κ3) is 31.4. The van der Waals surface area contributed by atoms with Gasteiger partial charge in [0.15, 0.2) is 0 Å². The van der Waals surface area contributed by atoms with Crippen molar-refractivity contribution < 1.29 is 19.7 Å². The molecule has 2 atom stereocenters. The summed E-state index contributed by atoms with van der Waals surface area (Å²) in [4.78, 5) is 11.9. The second-order valence-electron chi connectivity index (χ2n) is 11.9. The van der Waals surface area contributed by atoms with Gasteiger partial charge >= 0.3 is 5.97 Å². The number of aliphatic hydroxyl groups is 2. The zero-order chi connectivity index (χ0) is 29.4. The fraction of sp³-hybridized carbons (Fsp3) is 0.861. The lowest BCUT2D eigenvalue weighted by molar-refractivity contribution is -0.143. The fourth-order valence-electron chi connectivity index (χ4n) is 4.98. The van der Waals surface area contributed by atoms with Crippen molar-refractivity contribution in [3.63, 3.8) is 0 Å². The van der Waals surface area contributed by atoms with E-state index in [9.17, 15) is 15.0 Å². The molecule has 0 amide bonds. The van der Waals surface area contributed by atoms with Crippen LogP contribution in [0, 0.1) is 0 Å². The molecule has 0 aromatic carbocycles. The van der Waals surface area contributed by atoms with Gasteiger partial charge in [-0.3, -0.25) is 4.79 Å². The second kappa shape index (κ2) is 32.4. The third-order valence-corrected chi connectivity index (χ3v) is 7.71. The molecule has 0 fully saturated rings. The number of rotatable bonds is 31. The van der Waals surface area contributed by atoms with Gasteiger partial charge in [-0.05, 0) is 64.2 Å². The predicted molar refractivity (Wildman–Crippen MR) is 173 cm³/mol. The smallest absolute Gasteiger partial charge is 0.305 e. The number of ether oxygens (including phenoxy) is 1. The first kappa shape index (κ1) is 38.9. The zero-order valence-corrected chi connectivity index (χ0v) is 26.8. The van der Waals surface area contributed by atoms with Crippen LogP contribution in [0.2, 0.25) is 0 Å². The molecule has 0 rings (SSSR count). The van der Waals surface area contributed by atoms with E-state index in [4.69, 9.17) is 4.74 Å². The molecule has 236 valence electrons. The van der Waals surface area contributed by atoms with Crippen molar-refractivity contribution in [2.24, 2.45) is 0 Å². The van der Waals surface area contributed by atoms with E-state index in [1.165, 1.54) is 83.5 Å². The number of hydrogen-bond donors (Lipinski definition) is 2. The summed E-state index contributed by atoms with van der Waals surface area (Å²) in [5.41, 5.74) is 0. The Labute approximate surface area is 249 Å². The van der Waals surface area contributed by atoms with E-state index in [1.54, 1.807) is 0 Å². The van der Waals surface area contributed by atoms with Gasteiger partial charge in [0.1, 0.15) is 0 Å². The van der Waals surface area contributed by atoms with Crippen LogP contribution in [0.4, 0.5) is 0 Å². The van der Waals surface area contributed by atoms with Crippen LogP contribution in [0.3, 0.4) is 0 Å². The van der Waals surface area contributed by atoms with Crippen molar-refractivity contribution >= 4 is 5.97 Å². The van der Waals surface area contributed by atoms with Crippen LogP contribution < -0.4 is 0 Å². The van der Waals surface area contributed by atoms with E-state index < -0.39 is 0 Å². The van der Waals surface area contributed by atoms with Gasteiger partial charge in [-0.15, -0.1) is 0 Å². The Morgan fingerprint density at radius 1 is 0.550 bits per heavy atom. The van der Waals surface area contributed by atoms with Gasteiger partial charge < -0.3 is 14.9 Å². The summed E-state index contributed by atoms with van der Waals surface area (Å²) >= 11 is 0. The van der Waals surface area contributed by atoms with Crippen molar-refractivity contribution in [3.8, 4) is 0 Å². The van der Waals surface area contributed by atoms with E-state index >= 15 is 0 Å². The fourth-order valence-corrected chi connectivity index (χ4v) is 4.98. The Kier molecular flexibility index (Phi) is 31.5. The maximum atomic E-state index is 11.9. The van der Waals surface area contributed by atoms with Crippen molar-refractivity contribution in [1.82, 2.24) is 0 Å². The summed E-state index contributed by atoms with van der Waals surface area (Å²) in [6, 6.07) is 0. The van der Waals surface area contributed by atoms with Crippen LogP contribution in [0.1, 0.15) is 181 Å². The van der Waals surface area contributed by atoms with Gasteiger partial charge in [-0.2, -0.15) is 0 Å². The summed E-state index contributed by atoms with van der Waals surface area (Å²) in [6.07, 6.45) is 37.1. The minimum atomic E-state index is -0.173. The standard InChI is InChI=1S/C36H68O4/c1-3-5-7-22-28-34(37)30-24-18-14-10-9-13-17-21-27-33-40-36(39)32-26-20-16-12-11-15-19-25-31-35(38)29-23-8-6-4-2/h18-19,24-25,34-35,37-38H,3-17,20-23,26-33H2,1-2H3/t34-,35-/m1/s1. The lowest BCUT2D eigenvalue weighted by Crippen LogP contribution is -2.05. The van der Waals surface area contributed by atoms with E-state index in [0.29, 0.717) is 13.0 Å². The van der Waals surface area contributed by atoms with Gasteiger partial charge in [0.25, 0.3) is 0 Å². The number of aliphatic hydroxyl groups excluding tert-OH is 2. The average molecular weight is 565 g/mol. The summed E-state index contributed by atoms with van der Waals surface area (Å²) in [5, 5.41) is 20.0. The van der Waals surface area contributed by atoms with Crippen LogP contribution in [-0.4, -0.2) is 35.0 Å². The highest BCUT2D eigenvalue weighted by molar-refractivity contribution is 5.69. The summed E-state index contributed by atoms with van der Waals surface area (Å²) in [5.74, 6) is -0.0333. The number of carbonyl (C=O) groups excluding carboxylic acids is 1. The molecule has 0 saturated heterocycles. The van der Waals surface area contributed by atoms with Gasteiger partial charge in [-0.25, -0.2) is 0 Å². The molecule has 0 saturated carbocycles. The maximum absolute atomic E-state index is 11.9. The number of hydrogen-bond acceptors (Lipinski definition) is 4. The molecular formula is C36H68O4. The quantitative estimate of drug-likeness (QED) is 0.0499. The Bertz CT molecular complexity index is 571. The average Bonchev–Trinajstić information content (AvgIpc) is 2.95. The highest BCUT2D eigenvalue weighted by atomic mass is 16.5. The molecule has 0 aliphatic rings. The molecule has 0 bridgehead atoms. The predicted octanol–water partition coefficient (Wildman–Crippen LogP) is 10.5. The third-order valence-electron chi connectivity index (χ3n) is 7.71. The molecule has 0 aromatic rings. The summed E-state index contributed by atoms with van der Waals surface area (Å²) in [6.45, 7) is 5.00. The van der Waals surface area contributed by atoms with Crippen LogP contribution in [0.25, 0.3) is 0 Å². The van der Waals surface area contributed by atoms with Crippen LogP contribution in [0.15, 0.2) is 24.3 Å². The van der Waals surface area contributed by atoms with Gasteiger partial charge in [-0.1, -0.05) is 134 Å².